The van der Waals surface area contributed by atoms with Gasteiger partial charge in [0.2, 0.25) is 5.91 Å². The second-order valence-electron chi connectivity index (χ2n) is 11.3. The number of nitrogens with zero attached hydrogens (tertiary/aromatic N) is 1. The lowest BCUT2D eigenvalue weighted by molar-refractivity contribution is -0.127. The maximum Gasteiger partial charge on any atom is 0.223 e. The molecule has 2 saturated carbocycles. The van der Waals surface area contributed by atoms with E-state index in [9.17, 15) is 4.79 Å². The van der Waals surface area contributed by atoms with Crippen LogP contribution in [0.3, 0.4) is 0 Å². The van der Waals surface area contributed by atoms with Crippen molar-refractivity contribution in [3.63, 3.8) is 0 Å². The Morgan fingerprint density at radius 1 is 1.11 bits per heavy atom. The number of hydrogen-bond donors (Lipinski definition) is 6. The average Bonchev–Trinajstić information content (AvgIpc) is 3.30. The molecule has 4 fully saturated rings. The zero-order chi connectivity index (χ0) is 24.6. The van der Waals surface area contributed by atoms with Gasteiger partial charge in [-0.15, -0.1) is 0 Å². The molecule has 1 amide bonds. The van der Waals surface area contributed by atoms with Crippen LogP contribution in [0, 0.1) is 11.8 Å². The van der Waals surface area contributed by atoms with Crippen molar-refractivity contribution in [2.24, 2.45) is 11.8 Å². The summed E-state index contributed by atoms with van der Waals surface area (Å²) in [6.45, 7) is 8.35. The summed E-state index contributed by atoms with van der Waals surface area (Å²) in [5.74, 6) is 0.912. The number of amides is 1. The number of hydrazine groups is 1. The molecule has 4 rings (SSSR count). The molecule has 0 aromatic heterocycles. The van der Waals surface area contributed by atoms with Gasteiger partial charge in [-0.2, -0.15) is 0 Å². The predicted molar refractivity (Wildman–Crippen MR) is 139 cm³/mol. The third kappa shape index (κ3) is 7.37. The number of ether oxygens (including phenoxy) is 1. The Labute approximate surface area is 212 Å². The first-order valence-corrected chi connectivity index (χ1v) is 14.4. The highest BCUT2D eigenvalue weighted by atomic mass is 16.5. The van der Waals surface area contributed by atoms with Gasteiger partial charge in [-0.05, 0) is 70.8 Å². The Morgan fingerprint density at radius 3 is 2.74 bits per heavy atom. The highest BCUT2D eigenvalue weighted by molar-refractivity contribution is 5.79. The van der Waals surface area contributed by atoms with Crippen molar-refractivity contribution >= 4 is 5.91 Å². The van der Waals surface area contributed by atoms with Gasteiger partial charge in [0.05, 0.1) is 18.4 Å². The lowest BCUT2D eigenvalue weighted by atomic mass is 9.81. The zero-order valence-corrected chi connectivity index (χ0v) is 22.3. The van der Waals surface area contributed by atoms with Crippen LogP contribution in [0.15, 0.2) is 0 Å². The largest absolute Gasteiger partial charge is 0.381 e. The van der Waals surface area contributed by atoms with Crippen LogP contribution in [-0.4, -0.2) is 80.8 Å². The third-order valence-electron chi connectivity index (χ3n) is 8.86. The summed E-state index contributed by atoms with van der Waals surface area (Å²) in [6, 6.07) is 1.09. The van der Waals surface area contributed by atoms with E-state index < -0.39 is 0 Å². The van der Waals surface area contributed by atoms with Crippen molar-refractivity contribution in [1.82, 2.24) is 37.0 Å². The van der Waals surface area contributed by atoms with Gasteiger partial charge in [0.25, 0.3) is 0 Å². The third-order valence-corrected chi connectivity index (χ3v) is 8.86. The summed E-state index contributed by atoms with van der Waals surface area (Å²) in [5, 5.41) is 14.2. The van der Waals surface area contributed by atoms with Crippen molar-refractivity contribution in [2.45, 2.75) is 115 Å². The fourth-order valence-electron chi connectivity index (χ4n) is 6.72. The molecule has 8 atom stereocenters. The van der Waals surface area contributed by atoms with E-state index in [-0.39, 0.29) is 24.0 Å². The van der Waals surface area contributed by atoms with E-state index in [2.05, 4.69) is 50.9 Å². The summed E-state index contributed by atoms with van der Waals surface area (Å²) in [7, 11) is 1.81. The first-order valence-electron chi connectivity index (χ1n) is 14.4. The summed E-state index contributed by atoms with van der Waals surface area (Å²) in [5.41, 5.74) is 7.11. The predicted octanol–water partition coefficient (Wildman–Crippen LogP) is 1.23. The van der Waals surface area contributed by atoms with Crippen LogP contribution in [-0.2, 0) is 9.53 Å². The fourth-order valence-corrected chi connectivity index (χ4v) is 6.72. The number of rotatable bonds is 10. The molecule has 202 valence electrons. The molecule has 2 aliphatic heterocycles. The van der Waals surface area contributed by atoms with Crippen LogP contribution in [0.25, 0.3) is 0 Å². The van der Waals surface area contributed by atoms with Gasteiger partial charge in [0.1, 0.15) is 0 Å². The number of hydrogen-bond acceptors (Lipinski definition) is 8. The number of carbonyl (C=O) groups excluding carboxylic acids is 1. The number of nitrogens with one attached hydrogen (secondary N) is 6. The molecule has 2 saturated heterocycles. The topological polar surface area (TPSA) is 102 Å². The van der Waals surface area contributed by atoms with Crippen LogP contribution in [0.1, 0.15) is 78.1 Å². The van der Waals surface area contributed by atoms with E-state index in [1.807, 2.05) is 7.11 Å². The highest BCUT2D eigenvalue weighted by Gasteiger charge is 2.38. The Morgan fingerprint density at radius 2 is 1.97 bits per heavy atom. The Balaban J connectivity index is 1.23. The van der Waals surface area contributed by atoms with Crippen molar-refractivity contribution in [3.05, 3.63) is 0 Å². The normalized spacial score (nSPS) is 37.7. The van der Waals surface area contributed by atoms with Crippen LogP contribution < -0.4 is 32.1 Å². The molecule has 0 aromatic rings. The SMILES string of the molecule is CCCN1C(CNC2CCCC(C(=O)N[C@@H](C)C3CCCC(OC)C3)C2)NNC1C1CCNCN1. The van der Waals surface area contributed by atoms with E-state index in [1.165, 1.54) is 12.8 Å². The first kappa shape index (κ1) is 27.2. The first-order chi connectivity index (χ1) is 17.1. The van der Waals surface area contributed by atoms with Crippen molar-refractivity contribution in [3.8, 4) is 0 Å². The van der Waals surface area contributed by atoms with Crippen LogP contribution in [0.5, 0.6) is 0 Å². The average molecular weight is 494 g/mol. The Kier molecular flexibility index (Phi) is 10.6. The fraction of sp³-hybridized carbons (Fsp3) is 0.962. The molecule has 2 aliphatic carbocycles. The van der Waals surface area contributed by atoms with Crippen LogP contribution >= 0.6 is 0 Å². The second-order valence-corrected chi connectivity index (χ2v) is 11.3. The van der Waals surface area contributed by atoms with Gasteiger partial charge < -0.3 is 20.7 Å². The Hall–Kier alpha value is -0.810. The molecule has 2 heterocycles. The number of carbonyl (C=O) groups is 1. The van der Waals surface area contributed by atoms with E-state index in [0.29, 0.717) is 30.3 Å². The highest BCUT2D eigenvalue weighted by Crippen LogP contribution is 2.30. The van der Waals surface area contributed by atoms with Gasteiger partial charge in [-0.25, -0.2) is 10.9 Å². The van der Waals surface area contributed by atoms with Gasteiger partial charge in [-0.3, -0.25) is 15.0 Å². The van der Waals surface area contributed by atoms with Crippen molar-refractivity contribution in [2.75, 3.05) is 33.4 Å². The smallest absolute Gasteiger partial charge is 0.223 e. The zero-order valence-electron chi connectivity index (χ0n) is 22.3. The summed E-state index contributed by atoms with van der Waals surface area (Å²) in [4.78, 5) is 15.7. The lowest BCUT2D eigenvalue weighted by Gasteiger charge is -2.37. The van der Waals surface area contributed by atoms with E-state index >= 15 is 0 Å². The second kappa shape index (κ2) is 13.7. The van der Waals surface area contributed by atoms with E-state index in [0.717, 1.165) is 77.7 Å². The molecular formula is C26H51N7O2. The standard InChI is InChI=1S/C26H51N7O2/c1-4-13-33-24(31-32-25(33)23-11-12-27-17-29-23)16-28-21-9-5-8-20(14-21)26(34)30-18(2)19-7-6-10-22(15-19)35-3/h18-25,27-29,31-32H,4-17H2,1-3H3,(H,30,34)/t18-,19?,20?,21?,22?,23?,24?,25?/m0/s1. The lowest BCUT2D eigenvalue weighted by Crippen LogP contribution is -2.59. The summed E-state index contributed by atoms with van der Waals surface area (Å²) < 4.78 is 5.60. The molecule has 4 aliphatic rings. The molecular weight excluding hydrogens is 442 g/mol. The maximum absolute atomic E-state index is 13.2. The minimum absolute atomic E-state index is 0.124. The van der Waals surface area contributed by atoms with Crippen LogP contribution in [0.2, 0.25) is 0 Å². The summed E-state index contributed by atoms with van der Waals surface area (Å²) >= 11 is 0. The van der Waals surface area contributed by atoms with E-state index in [1.54, 1.807) is 0 Å². The summed E-state index contributed by atoms with van der Waals surface area (Å²) in [6.07, 6.45) is 12.0. The van der Waals surface area contributed by atoms with Gasteiger partial charge in [0.15, 0.2) is 0 Å². The molecule has 6 N–H and O–H groups in total. The minimum Gasteiger partial charge on any atom is -0.381 e. The molecule has 9 nitrogen and oxygen atoms in total. The molecule has 0 bridgehead atoms. The molecule has 7 unspecified atom stereocenters. The van der Waals surface area contributed by atoms with Crippen LogP contribution in [0.4, 0.5) is 0 Å². The van der Waals surface area contributed by atoms with Gasteiger partial charge in [0, 0.05) is 50.9 Å². The molecule has 0 spiro atoms. The Bertz CT molecular complexity index is 647. The molecule has 0 radical (unpaired) electrons. The van der Waals surface area contributed by atoms with Crippen molar-refractivity contribution < 1.29 is 9.53 Å². The number of methoxy groups -OCH3 is 1. The van der Waals surface area contributed by atoms with Gasteiger partial charge >= 0.3 is 0 Å². The molecule has 35 heavy (non-hydrogen) atoms. The monoisotopic (exact) mass is 493 g/mol. The molecule has 0 aromatic carbocycles. The van der Waals surface area contributed by atoms with Gasteiger partial charge in [-0.1, -0.05) is 19.8 Å². The van der Waals surface area contributed by atoms with E-state index in [4.69, 9.17) is 4.74 Å². The maximum atomic E-state index is 13.2. The molecule has 9 heteroatoms. The minimum atomic E-state index is 0.124. The van der Waals surface area contributed by atoms with Crippen molar-refractivity contribution in [1.29, 1.82) is 0 Å². The quantitative estimate of drug-likeness (QED) is 0.270.